The van der Waals surface area contributed by atoms with Crippen LogP contribution in [0.1, 0.15) is 18.4 Å². The highest BCUT2D eigenvalue weighted by atomic mass is 32.2. The van der Waals surface area contributed by atoms with Crippen LogP contribution in [0.5, 0.6) is 0 Å². The Bertz CT molecular complexity index is 526. The smallest absolute Gasteiger partial charge is 0.243 e. The second-order valence-corrected chi connectivity index (χ2v) is 7.18. The van der Waals surface area contributed by atoms with E-state index in [1.807, 2.05) is 20.0 Å². The first-order chi connectivity index (χ1) is 9.04. The van der Waals surface area contributed by atoms with Gasteiger partial charge in [-0.2, -0.15) is 4.31 Å². The van der Waals surface area contributed by atoms with Gasteiger partial charge in [-0.05, 0) is 57.0 Å². The SMILES string of the molecule is CNCC1CCCN(S(=O)(=O)c2cccc(C)c2)C1. The summed E-state index contributed by atoms with van der Waals surface area (Å²) in [6, 6.07) is 7.15. The summed E-state index contributed by atoms with van der Waals surface area (Å²) in [5, 5.41) is 3.14. The van der Waals surface area contributed by atoms with Gasteiger partial charge in [0.15, 0.2) is 0 Å². The van der Waals surface area contributed by atoms with Gasteiger partial charge in [0.25, 0.3) is 0 Å². The van der Waals surface area contributed by atoms with Crippen LogP contribution in [0.3, 0.4) is 0 Å². The van der Waals surface area contributed by atoms with E-state index in [9.17, 15) is 8.42 Å². The average molecular weight is 282 g/mol. The van der Waals surface area contributed by atoms with Gasteiger partial charge in [0.2, 0.25) is 10.0 Å². The van der Waals surface area contributed by atoms with Gasteiger partial charge >= 0.3 is 0 Å². The highest BCUT2D eigenvalue weighted by Gasteiger charge is 2.29. The highest BCUT2D eigenvalue weighted by molar-refractivity contribution is 7.89. The molecule has 0 amide bonds. The normalized spacial score (nSPS) is 21.5. The monoisotopic (exact) mass is 282 g/mol. The van der Waals surface area contributed by atoms with Crippen LogP contribution in [0.4, 0.5) is 0 Å². The van der Waals surface area contributed by atoms with E-state index in [0.29, 0.717) is 23.9 Å². The minimum Gasteiger partial charge on any atom is -0.319 e. The van der Waals surface area contributed by atoms with Crippen molar-refractivity contribution >= 4 is 10.0 Å². The molecule has 0 bridgehead atoms. The number of benzene rings is 1. The lowest BCUT2D eigenvalue weighted by Gasteiger charge is -2.31. The minimum atomic E-state index is -3.33. The summed E-state index contributed by atoms with van der Waals surface area (Å²) in [5.74, 6) is 0.415. The van der Waals surface area contributed by atoms with Crippen LogP contribution in [0.15, 0.2) is 29.2 Å². The maximum atomic E-state index is 12.6. The summed E-state index contributed by atoms with van der Waals surface area (Å²) in [6.45, 7) is 4.05. The summed E-state index contributed by atoms with van der Waals surface area (Å²) in [4.78, 5) is 0.414. The van der Waals surface area contributed by atoms with Gasteiger partial charge in [0, 0.05) is 13.1 Å². The summed E-state index contributed by atoms with van der Waals surface area (Å²) >= 11 is 0. The Kier molecular flexibility index (Phi) is 4.60. The predicted molar refractivity (Wildman–Crippen MR) is 76.6 cm³/mol. The van der Waals surface area contributed by atoms with Crippen molar-refractivity contribution in [3.8, 4) is 0 Å². The van der Waals surface area contributed by atoms with Gasteiger partial charge in [-0.1, -0.05) is 12.1 Å². The number of hydrogen-bond donors (Lipinski definition) is 1. The molecule has 0 saturated carbocycles. The fraction of sp³-hybridized carbons (Fsp3) is 0.571. The van der Waals surface area contributed by atoms with Crippen molar-refractivity contribution in [1.29, 1.82) is 0 Å². The first-order valence-electron chi connectivity index (χ1n) is 6.75. The number of rotatable bonds is 4. The number of hydrogen-bond acceptors (Lipinski definition) is 3. The topological polar surface area (TPSA) is 49.4 Å². The third-order valence-corrected chi connectivity index (χ3v) is 5.46. The van der Waals surface area contributed by atoms with E-state index in [0.717, 1.165) is 24.9 Å². The average Bonchev–Trinajstić information content (AvgIpc) is 2.39. The molecule has 1 atom stereocenters. The van der Waals surface area contributed by atoms with E-state index in [1.165, 1.54) is 0 Å². The predicted octanol–water partition coefficient (Wildman–Crippen LogP) is 1.62. The molecule has 1 aliphatic heterocycles. The van der Waals surface area contributed by atoms with E-state index >= 15 is 0 Å². The summed E-state index contributed by atoms with van der Waals surface area (Å²) in [6.07, 6.45) is 2.04. The van der Waals surface area contributed by atoms with E-state index in [4.69, 9.17) is 0 Å². The van der Waals surface area contributed by atoms with Crippen molar-refractivity contribution in [3.63, 3.8) is 0 Å². The lowest BCUT2D eigenvalue weighted by molar-refractivity contribution is 0.263. The number of nitrogens with one attached hydrogen (secondary N) is 1. The summed E-state index contributed by atoms with van der Waals surface area (Å²) < 4.78 is 26.8. The lowest BCUT2D eigenvalue weighted by atomic mass is 10.00. The molecule has 1 heterocycles. The van der Waals surface area contributed by atoms with Gasteiger partial charge in [-0.15, -0.1) is 0 Å². The molecule has 1 aromatic carbocycles. The molecule has 1 unspecified atom stereocenters. The molecule has 0 spiro atoms. The Morgan fingerprint density at radius 1 is 1.42 bits per heavy atom. The van der Waals surface area contributed by atoms with E-state index < -0.39 is 10.0 Å². The van der Waals surface area contributed by atoms with Gasteiger partial charge in [-0.25, -0.2) is 8.42 Å². The first kappa shape index (κ1) is 14.5. The molecule has 5 heteroatoms. The molecule has 2 rings (SSSR count). The fourth-order valence-corrected chi connectivity index (χ4v) is 4.29. The Hall–Kier alpha value is -0.910. The van der Waals surface area contributed by atoms with Crippen molar-refractivity contribution in [2.45, 2.75) is 24.7 Å². The quantitative estimate of drug-likeness (QED) is 0.913. The molecule has 106 valence electrons. The van der Waals surface area contributed by atoms with Crippen molar-refractivity contribution in [1.82, 2.24) is 9.62 Å². The molecule has 4 nitrogen and oxygen atoms in total. The van der Waals surface area contributed by atoms with Gasteiger partial charge in [0.1, 0.15) is 0 Å². The molecule has 0 aromatic heterocycles. The minimum absolute atomic E-state index is 0.414. The number of piperidine rings is 1. The zero-order valence-corrected chi connectivity index (χ0v) is 12.4. The largest absolute Gasteiger partial charge is 0.319 e. The van der Waals surface area contributed by atoms with E-state index in [-0.39, 0.29) is 0 Å². The zero-order valence-electron chi connectivity index (χ0n) is 11.6. The van der Waals surface area contributed by atoms with E-state index in [1.54, 1.807) is 22.5 Å². The number of aryl methyl sites for hydroxylation is 1. The third-order valence-electron chi connectivity index (χ3n) is 3.60. The molecule has 1 saturated heterocycles. The first-order valence-corrected chi connectivity index (χ1v) is 8.19. The van der Waals surface area contributed by atoms with Crippen LogP contribution < -0.4 is 5.32 Å². The van der Waals surface area contributed by atoms with Crippen molar-refractivity contribution in [2.75, 3.05) is 26.7 Å². The molecular weight excluding hydrogens is 260 g/mol. The molecule has 0 aliphatic carbocycles. The van der Waals surface area contributed by atoms with Crippen molar-refractivity contribution in [2.24, 2.45) is 5.92 Å². The Balaban J connectivity index is 2.19. The molecule has 1 N–H and O–H groups in total. The van der Waals surface area contributed by atoms with Crippen LogP contribution in [0.2, 0.25) is 0 Å². The maximum absolute atomic E-state index is 12.6. The lowest BCUT2D eigenvalue weighted by Crippen LogP contribution is -2.42. The number of nitrogens with zero attached hydrogens (tertiary/aromatic N) is 1. The summed E-state index contributed by atoms with van der Waals surface area (Å²) in [7, 11) is -1.42. The fourth-order valence-electron chi connectivity index (χ4n) is 2.63. The molecule has 1 aliphatic rings. The highest BCUT2D eigenvalue weighted by Crippen LogP contribution is 2.23. The van der Waals surface area contributed by atoms with E-state index in [2.05, 4.69) is 5.32 Å². The molecule has 1 aromatic rings. The van der Waals surface area contributed by atoms with Crippen LogP contribution in [0, 0.1) is 12.8 Å². The Morgan fingerprint density at radius 2 is 2.21 bits per heavy atom. The molecular formula is C14H22N2O2S. The molecule has 0 radical (unpaired) electrons. The second kappa shape index (κ2) is 6.03. The second-order valence-electron chi connectivity index (χ2n) is 5.25. The van der Waals surface area contributed by atoms with Crippen LogP contribution in [-0.2, 0) is 10.0 Å². The van der Waals surface area contributed by atoms with Gasteiger partial charge in [-0.3, -0.25) is 0 Å². The van der Waals surface area contributed by atoms with Crippen molar-refractivity contribution < 1.29 is 8.42 Å². The maximum Gasteiger partial charge on any atom is 0.243 e. The third kappa shape index (κ3) is 3.35. The van der Waals surface area contributed by atoms with Crippen LogP contribution in [-0.4, -0.2) is 39.4 Å². The van der Waals surface area contributed by atoms with Gasteiger partial charge < -0.3 is 5.32 Å². The molecule has 1 fully saturated rings. The van der Waals surface area contributed by atoms with Crippen LogP contribution in [0.25, 0.3) is 0 Å². The van der Waals surface area contributed by atoms with Gasteiger partial charge in [0.05, 0.1) is 4.90 Å². The zero-order chi connectivity index (χ0) is 13.9. The Labute approximate surface area is 115 Å². The number of sulfonamides is 1. The standard InChI is InChI=1S/C14H22N2O2S/c1-12-5-3-7-14(9-12)19(17,18)16-8-4-6-13(11-16)10-15-2/h3,5,7,9,13,15H,4,6,8,10-11H2,1-2H3. The summed E-state index contributed by atoms with van der Waals surface area (Å²) in [5.41, 5.74) is 0.977. The molecule has 19 heavy (non-hydrogen) atoms. The van der Waals surface area contributed by atoms with Crippen molar-refractivity contribution in [3.05, 3.63) is 29.8 Å². The van der Waals surface area contributed by atoms with Crippen LogP contribution >= 0.6 is 0 Å². The Morgan fingerprint density at radius 3 is 2.89 bits per heavy atom.